The molecule has 0 radical (unpaired) electrons. The predicted octanol–water partition coefficient (Wildman–Crippen LogP) is 2.52. The molecule has 0 aliphatic heterocycles. The number of hydrogen-bond acceptors (Lipinski definition) is 3. The molecule has 1 atom stereocenters. The van der Waals surface area contributed by atoms with E-state index >= 15 is 0 Å². The summed E-state index contributed by atoms with van der Waals surface area (Å²) in [7, 11) is 0. The van der Waals surface area contributed by atoms with E-state index in [0.717, 1.165) is 19.6 Å². The third-order valence-electron chi connectivity index (χ3n) is 3.33. The largest absolute Gasteiger partial charge is 0.304 e. The highest BCUT2D eigenvalue weighted by molar-refractivity contribution is 4.66. The topological polar surface area (TPSA) is 41.3 Å². The molecule has 3 N–H and O–H groups in total. The molecule has 0 aromatic heterocycles. The molecule has 0 saturated heterocycles. The maximum absolute atomic E-state index is 5.59. The molecule has 1 unspecified atom stereocenters. The Bertz CT molecular complexity index is 135. The van der Waals surface area contributed by atoms with Gasteiger partial charge in [-0.25, -0.2) is 0 Å². The van der Waals surface area contributed by atoms with Gasteiger partial charge in [-0.15, -0.1) is 0 Å². The van der Waals surface area contributed by atoms with Gasteiger partial charge in [0.1, 0.15) is 0 Å². The lowest BCUT2D eigenvalue weighted by atomic mass is 10.0. The van der Waals surface area contributed by atoms with Gasteiger partial charge >= 0.3 is 0 Å². The van der Waals surface area contributed by atoms with Gasteiger partial charge in [-0.2, -0.15) is 0 Å². The number of hydrogen-bond donors (Lipinski definition) is 2. The van der Waals surface area contributed by atoms with E-state index in [1.165, 1.54) is 38.5 Å². The van der Waals surface area contributed by atoms with E-state index in [1.807, 2.05) is 0 Å². The van der Waals surface area contributed by atoms with Gasteiger partial charge in [0.05, 0.1) is 0 Å². The van der Waals surface area contributed by atoms with E-state index in [-0.39, 0.29) is 0 Å². The van der Waals surface area contributed by atoms with Crippen LogP contribution in [0.3, 0.4) is 0 Å². The average molecular weight is 229 g/mol. The van der Waals surface area contributed by atoms with Crippen molar-refractivity contribution < 1.29 is 0 Å². The van der Waals surface area contributed by atoms with Crippen molar-refractivity contribution >= 4 is 0 Å². The van der Waals surface area contributed by atoms with E-state index in [9.17, 15) is 0 Å². The summed E-state index contributed by atoms with van der Waals surface area (Å²) in [5, 5.41) is 0. The summed E-state index contributed by atoms with van der Waals surface area (Å²) in [4.78, 5) is 2.45. The van der Waals surface area contributed by atoms with Gasteiger partial charge in [-0.3, -0.25) is 11.3 Å². The van der Waals surface area contributed by atoms with Crippen LogP contribution in [0.2, 0.25) is 0 Å². The van der Waals surface area contributed by atoms with Crippen LogP contribution in [0.25, 0.3) is 0 Å². The molecule has 0 rings (SSSR count). The molecule has 0 heterocycles. The minimum absolute atomic E-state index is 0.498. The molecule has 0 aliphatic carbocycles. The Labute approximate surface area is 102 Å². The molecule has 0 aromatic carbocycles. The van der Waals surface area contributed by atoms with Crippen molar-refractivity contribution in [1.29, 1.82) is 0 Å². The smallest absolute Gasteiger partial charge is 0.0222 e. The van der Waals surface area contributed by atoms with Crippen molar-refractivity contribution in [3.05, 3.63) is 0 Å². The van der Waals surface area contributed by atoms with Gasteiger partial charge in [0.2, 0.25) is 0 Å². The Morgan fingerprint density at radius 2 is 1.69 bits per heavy atom. The second-order valence-corrected chi connectivity index (χ2v) is 4.53. The minimum Gasteiger partial charge on any atom is -0.304 e. The van der Waals surface area contributed by atoms with Crippen molar-refractivity contribution in [3.8, 4) is 0 Å². The number of nitrogens with two attached hydrogens (primary N) is 1. The average Bonchev–Trinajstić information content (AvgIpc) is 2.33. The maximum Gasteiger partial charge on any atom is 0.0222 e. The highest BCUT2D eigenvalue weighted by Crippen LogP contribution is 2.08. The van der Waals surface area contributed by atoms with Crippen molar-refractivity contribution in [2.24, 2.45) is 5.84 Å². The van der Waals surface area contributed by atoms with Crippen molar-refractivity contribution in [2.45, 2.75) is 65.3 Å². The van der Waals surface area contributed by atoms with Crippen LogP contribution in [0.15, 0.2) is 0 Å². The molecule has 0 fully saturated rings. The van der Waals surface area contributed by atoms with Crippen molar-refractivity contribution in [1.82, 2.24) is 10.3 Å². The molecule has 0 amide bonds. The first-order valence-corrected chi connectivity index (χ1v) is 6.96. The van der Waals surface area contributed by atoms with E-state index in [4.69, 9.17) is 5.84 Å². The Hall–Kier alpha value is -0.120. The lowest BCUT2D eigenvalue weighted by Gasteiger charge is -2.22. The summed E-state index contributed by atoms with van der Waals surface area (Å²) >= 11 is 0. The predicted molar refractivity (Wildman–Crippen MR) is 72.3 cm³/mol. The first kappa shape index (κ1) is 15.9. The fraction of sp³-hybridized carbons (Fsp3) is 1.00. The first-order chi connectivity index (χ1) is 7.78. The lowest BCUT2D eigenvalue weighted by molar-refractivity contribution is 0.276. The first-order valence-electron chi connectivity index (χ1n) is 6.96. The zero-order chi connectivity index (χ0) is 12.2. The Morgan fingerprint density at radius 1 is 1.00 bits per heavy atom. The molecule has 0 saturated carbocycles. The zero-order valence-electron chi connectivity index (χ0n) is 11.5. The number of unbranched alkanes of at least 4 members (excludes halogenated alkanes) is 3. The number of nitrogens with zero attached hydrogens (tertiary/aromatic N) is 1. The summed E-state index contributed by atoms with van der Waals surface area (Å²) in [5.41, 5.74) is 2.96. The molecular weight excluding hydrogens is 198 g/mol. The van der Waals surface area contributed by atoms with E-state index in [2.05, 4.69) is 31.1 Å². The van der Waals surface area contributed by atoms with Gasteiger partial charge in [-0.1, -0.05) is 46.5 Å². The van der Waals surface area contributed by atoms with Gasteiger partial charge in [-0.05, 0) is 32.5 Å². The van der Waals surface area contributed by atoms with E-state index < -0.39 is 0 Å². The summed E-state index contributed by atoms with van der Waals surface area (Å²) in [6, 6.07) is 0.498. The lowest BCUT2D eigenvalue weighted by Crippen LogP contribution is -2.38. The monoisotopic (exact) mass is 229 g/mol. The fourth-order valence-corrected chi connectivity index (χ4v) is 2.01. The third-order valence-corrected chi connectivity index (χ3v) is 3.33. The molecule has 0 aliphatic rings. The molecule has 16 heavy (non-hydrogen) atoms. The Balaban J connectivity index is 3.57. The SMILES string of the molecule is CCCCCCC(CCN(CC)CC)NN. The standard InChI is InChI=1S/C13H31N3/c1-4-7-8-9-10-13(15-14)11-12-16(5-2)6-3/h13,15H,4-12,14H2,1-3H3. The highest BCUT2D eigenvalue weighted by atomic mass is 15.2. The van der Waals surface area contributed by atoms with Gasteiger partial charge in [0.25, 0.3) is 0 Å². The van der Waals surface area contributed by atoms with Crippen LogP contribution >= 0.6 is 0 Å². The molecule has 3 heteroatoms. The summed E-state index contributed by atoms with van der Waals surface area (Å²) < 4.78 is 0. The van der Waals surface area contributed by atoms with Crippen LogP contribution in [-0.2, 0) is 0 Å². The zero-order valence-corrected chi connectivity index (χ0v) is 11.5. The van der Waals surface area contributed by atoms with E-state index in [1.54, 1.807) is 0 Å². The summed E-state index contributed by atoms with van der Waals surface area (Å²) in [5.74, 6) is 5.59. The second-order valence-electron chi connectivity index (χ2n) is 4.53. The van der Waals surface area contributed by atoms with E-state index in [0.29, 0.717) is 6.04 Å². The summed E-state index contributed by atoms with van der Waals surface area (Å²) in [6.07, 6.45) is 7.70. The fourth-order valence-electron chi connectivity index (χ4n) is 2.01. The highest BCUT2D eigenvalue weighted by Gasteiger charge is 2.08. The third kappa shape index (κ3) is 8.08. The van der Waals surface area contributed by atoms with Crippen LogP contribution in [0.5, 0.6) is 0 Å². The van der Waals surface area contributed by atoms with Crippen LogP contribution in [-0.4, -0.2) is 30.6 Å². The minimum atomic E-state index is 0.498. The van der Waals surface area contributed by atoms with Crippen LogP contribution in [0, 0.1) is 0 Å². The molecule has 0 spiro atoms. The molecular formula is C13H31N3. The van der Waals surface area contributed by atoms with Gasteiger partial charge in [0, 0.05) is 6.04 Å². The number of rotatable bonds is 11. The van der Waals surface area contributed by atoms with Crippen molar-refractivity contribution in [3.63, 3.8) is 0 Å². The Kier molecular flexibility index (Phi) is 11.3. The quantitative estimate of drug-likeness (QED) is 0.325. The molecule has 0 aromatic rings. The van der Waals surface area contributed by atoms with Crippen molar-refractivity contribution in [2.75, 3.05) is 19.6 Å². The maximum atomic E-state index is 5.59. The van der Waals surface area contributed by atoms with Gasteiger partial charge < -0.3 is 4.90 Å². The van der Waals surface area contributed by atoms with Crippen LogP contribution in [0.4, 0.5) is 0 Å². The molecule has 98 valence electrons. The molecule has 0 bridgehead atoms. The second kappa shape index (κ2) is 11.4. The molecule has 3 nitrogen and oxygen atoms in total. The number of hydrazine groups is 1. The normalized spacial score (nSPS) is 13.3. The van der Waals surface area contributed by atoms with Crippen LogP contribution < -0.4 is 11.3 Å². The number of nitrogens with one attached hydrogen (secondary N) is 1. The van der Waals surface area contributed by atoms with Gasteiger partial charge in [0.15, 0.2) is 0 Å². The Morgan fingerprint density at radius 3 is 2.19 bits per heavy atom. The summed E-state index contributed by atoms with van der Waals surface area (Å²) in [6.45, 7) is 10.1. The van der Waals surface area contributed by atoms with Crippen LogP contribution in [0.1, 0.15) is 59.3 Å².